The van der Waals surface area contributed by atoms with Gasteiger partial charge in [-0.25, -0.2) is 0 Å². The maximum atomic E-state index is 10.9. The molecule has 1 rings (SSSR count). The molecule has 0 radical (unpaired) electrons. The van der Waals surface area contributed by atoms with Crippen LogP contribution in [0.15, 0.2) is 18.2 Å². The van der Waals surface area contributed by atoms with Crippen LogP contribution in [-0.4, -0.2) is 33.1 Å². The van der Waals surface area contributed by atoms with Gasteiger partial charge in [0.05, 0.1) is 0 Å². The number of aryl methyl sites for hydroxylation is 1. The lowest BCUT2D eigenvalue weighted by Gasteiger charge is -2.30. The van der Waals surface area contributed by atoms with Crippen molar-refractivity contribution in [3.05, 3.63) is 23.8 Å². The van der Waals surface area contributed by atoms with Gasteiger partial charge in [0.25, 0.3) is 0 Å². The Morgan fingerprint density at radius 2 is 2.11 bits per heavy atom. The van der Waals surface area contributed by atoms with Crippen LogP contribution < -0.4 is 16.4 Å². The minimum Gasteiger partial charge on any atom is -0.772 e. The zero-order valence-electron chi connectivity index (χ0n) is 11.6. The summed E-state index contributed by atoms with van der Waals surface area (Å²) in [5.74, 6) is 0. The SMILES string of the molecule is CCN(CC(N)C(C)S(=O)[O-])c1ccc(N)c(C)c1. The number of nitrogens with zero attached hydrogens (tertiary/aromatic N) is 1. The van der Waals surface area contributed by atoms with E-state index in [0.717, 1.165) is 23.5 Å². The number of rotatable bonds is 6. The summed E-state index contributed by atoms with van der Waals surface area (Å²) in [6.45, 7) is 6.83. The first-order chi connectivity index (χ1) is 8.86. The molecule has 19 heavy (non-hydrogen) atoms. The first-order valence-electron chi connectivity index (χ1n) is 6.31. The molecule has 4 N–H and O–H groups in total. The van der Waals surface area contributed by atoms with Crippen molar-refractivity contribution in [1.82, 2.24) is 0 Å². The molecule has 6 heteroatoms. The van der Waals surface area contributed by atoms with Gasteiger partial charge in [-0.1, -0.05) is 18.0 Å². The molecule has 0 amide bonds. The molecule has 0 aromatic heterocycles. The van der Waals surface area contributed by atoms with Gasteiger partial charge in [0.2, 0.25) is 0 Å². The third-order valence-electron chi connectivity index (χ3n) is 3.34. The quantitative estimate of drug-likeness (QED) is 0.600. The molecule has 0 fully saturated rings. The molecule has 0 aliphatic rings. The van der Waals surface area contributed by atoms with E-state index in [4.69, 9.17) is 11.5 Å². The van der Waals surface area contributed by atoms with E-state index in [0.29, 0.717) is 6.54 Å². The summed E-state index contributed by atoms with van der Waals surface area (Å²) < 4.78 is 21.9. The van der Waals surface area contributed by atoms with Gasteiger partial charge in [-0.2, -0.15) is 0 Å². The van der Waals surface area contributed by atoms with E-state index in [-0.39, 0.29) is 0 Å². The van der Waals surface area contributed by atoms with Crippen LogP contribution in [0.2, 0.25) is 0 Å². The Bertz CT molecular complexity index is 454. The second kappa shape index (κ2) is 6.88. The van der Waals surface area contributed by atoms with E-state index in [2.05, 4.69) is 4.90 Å². The van der Waals surface area contributed by atoms with Crippen LogP contribution in [-0.2, 0) is 11.1 Å². The molecule has 3 atom stereocenters. The number of likely N-dealkylation sites (N-methyl/N-ethyl adjacent to an activating group) is 1. The maximum Gasteiger partial charge on any atom is 0.0370 e. The summed E-state index contributed by atoms with van der Waals surface area (Å²) in [6, 6.07) is 5.35. The van der Waals surface area contributed by atoms with Gasteiger partial charge in [0, 0.05) is 35.8 Å². The molecule has 0 aliphatic carbocycles. The van der Waals surface area contributed by atoms with Crippen molar-refractivity contribution < 1.29 is 8.76 Å². The summed E-state index contributed by atoms with van der Waals surface area (Å²) in [6.07, 6.45) is 0. The molecule has 0 aliphatic heterocycles. The topological polar surface area (TPSA) is 95.4 Å². The number of anilines is 2. The summed E-state index contributed by atoms with van der Waals surface area (Å²) >= 11 is -2.14. The Balaban J connectivity index is 2.83. The molecule has 1 aromatic carbocycles. The minimum atomic E-state index is -2.14. The monoisotopic (exact) mass is 284 g/mol. The third kappa shape index (κ3) is 4.19. The standard InChI is InChI=1S/C13H23N3O2S/c1-4-16(8-13(15)10(3)19(17)18)11-5-6-12(14)9(2)7-11/h5-7,10,13H,4,8,14-15H2,1-3H3,(H,17,18)/p-1. The van der Waals surface area contributed by atoms with E-state index in [9.17, 15) is 8.76 Å². The van der Waals surface area contributed by atoms with Gasteiger partial charge in [-0.05, 0) is 37.6 Å². The average Bonchev–Trinajstić information content (AvgIpc) is 2.37. The molecule has 3 unspecified atom stereocenters. The van der Waals surface area contributed by atoms with Crippen molar-refractivity contribution >= 4 is 22.5 Å². The fourth-order valence-electron chi connectivity index (χ4n) is 1.82. The van der Waals surface area contributed by atoms with Gasteiger partial charge in [0.15, 0.2) is 0 Å². The number of benzene rings is 1. The van der Waals surface area contributed by atoms with E-state index < -0.39 is 22.4 Å². The average molecular weight is 284 g/mol. The molecule has 5 nitrogen and oxygen atoms in total. The Labute approximate surface area is 117 Å². The molecule has 0 heterocycles. The Kier molecular flexibility index (Phi) is 5.78. The molecule has 0 saturated carbocycles. The number of nitrogens with two attached hydrogens (primary N) is 2. The van der Waals surface area contributed by atoms with Gasteiger partial charge >= 0.3 is 0 Å². The number of nitrogen functional groups attached to an aromatic ring is 1. The summed E-state index contributed by atoms with van der Waals surface area (Å²) in [5.41, 5.74) is 14.5. The molecule has 0 saturated heterocycles. The largest absolute Gasteiger partial charge is 0.772 e. The first kappa shape index (κ1) is 15.9. The van der Waals surface area contributed by atoms with Crippen molar-refractivity contribution in [3.8, 4) is 0 Å². The maximum absolute atomic E-state index is 10.9. The van der Waals surface area contributed by atoms with Crippen molar-refractivity contribution in [3.63, 3.8) is 0 Å². The highest BCUT2D eigenvalue weighted by Crippen LogP contribution is 2.21. The smallest absolute Gasteiger partial charge is 0.0370 e. The molecule has 1 aromatic rings. The fourth-order valence-corrected chi connectivity index (χ4v) is 2.19. The second-order valence-electron chi connectivity index (χ2n) is 4.71. The predicted molar refractivity (Wildman–Crippen MR) is 79.8 cm³/mol. The lowest BCUT2D eigenvalue weighted by atomic mass is 10.1. The normalized spacial score (nSPS) is 15.8. The molecule has 0 spiro atoms. The van der Waals surface area contributed by atoms with Crippen molar-refractivity contribution in [2.24, 2.45) is 5.73 Å². The highest BCUT2D eigenvalue weighted by Gasteiger charge is 2.17. The Morgan fingerprint density at radius 1 is 1.47 bits per heavy atom. The van der Waals surface area contributed by atoms with Crippen molar-refractivity contribution in [1.29, 1.82) is 0 Å². The molecular weight excluding hydrogens is 262 g/mol. The Hall–Kier alpha value is -1.11. The van der Waals surface area contributed by atoms with Gasteiger partial charge in [-0.3, -0.25) is 4.21 Å². The van der Waals surface area contributed by atoms with Gasteiger partial charge in [-0.15, -0.1) is 0 Å². The third-order valence-corrected chi connectivity index (χ3v) is 4.29. The summed E-state index contributed by atoms with van der Waals surface area (Å²) in [5, 5.41) is -0.566. The predicted octanol–water partition coefficient (Wildman–Crippen LogP) is 0.998. The lowest BCUT2D eigenvalue weighted by Crippen LogP contribution is -2.45. The van der Waals surface area contributed by atoms with E-state index in [1.54, 1.807) is 6.92 Å². The Morgan fingerprint density at radius 3 is 2.58 bits per heavy atom. The molecule has 0 bridgehead atoms. The van der Waals surface area contributed by atoms with Gasteiger partial charge < -0.3 is 20.9 Å². The van der Waals surface area contributed by atoms with Gasteiger partial charge in [0.1, 0.15) is 0 Å². The zero-order valence-corrected chi connectivity index (χ0v) is 12.4. The van der Waals surface area contributed by atoms with E-state index >= 15 is 0 Å². The van der Waals surface area contributed by atoms with Crippen LogP contribution in [0.1, 0.15) is 19.4 Å². The van der Waals surface area contributed by atoms with Crippen LogP contribution in [0.4, 0.5) is 11.4 Å². The number of hydrogen-bond donors (Lipinski definition) is 2. The lowest BCUT2D eigenvalue weighted by molar-refractivity contribution is 0.506. The van der Waals surface area contributed by atoms with Crippen LogP contribution in [0.3, 0.4) is 0 Å². The summed E-state index contributed by atoms with van der Waals surface area (Å²) in [7, 11) is 0. The zero-order chi connectivity index (χ0) is 14.6. The van der Waals surface area contributed by atoms with Crippen LogP contribution in [0, 0.1) is 6.92 Å². The van der Waals surface area contributed by atoms with Crippen molar-refractivity contribution in [2.75, 3.05) is 23.7 Å². The summed E-state index contributed by atoms with van der Waals surface area (Å²) in [4.78, 5) is 2.06. The van der Waals surface area contributed by atoms with E-state index in [1.807, 2.05) is 32.0 Å². The van der Waals surface area contributed by atoms with Crippen molar-refractivity contribution in [2.45, 2.75) is 32.1 Å². The van der Waals surface area contributed by atoms with E-state index in [1.165, 1.54) is 0 Å². The highest BCUT2D eigenvalue weighted by atomic mass is 32.2. The second-order valence-corrected chi connectivity index (χ2v) is 5.97. The van der Waals surface area contributed by atoms with Crippen LogP contribution in [0.25, 0.3) is 0 Å². The highest BCUT2D eigenvalue weighted by molar-refractivity contribution is 7.79. The number of hydrogen-bond acceptors (Lipinski definition) is 5. The molecular formula is C13H22N3O2S-. The first-order valence-corrected chi connectivity index (χ1v) is 7.45. The fraction of sp³-hybridized carbons (Fsp3) is 0.538. The van der Waals surface area contributed by atoms with Crippen LogP contribution >= 0.6 is 0 Å². The van der Waals surface area contributed by atoms with Crippen LogP contribution in [0.5, 0.6) is 0 Å². The minimum absolute atomic E-state index is 0.420. The molecule has 108 valence electrons.